The molecule has 6 heteroatoms. The van der Waals surface area contributed by atoms with Crippen LogP contribution < -0.4 is 0 Å². The van der Waals surface area contributed by atoms with Crippen LogP contribution in [0.4, 0.5) is 0 Å². The van der Waals surface area contributed by atoms with E-state index in [0.717, 1.165) is 48.2 Å². The highest BCUT2D eigenvalue weighted by Gasteiger charge is 2.17. The highest BCUT2D eigenvalue weighted by Crippen LogP contribution is 2.40. The average molecular weight is 469 g/mol. The Morgan fingerprint density at radius 2 is 1.43 bits per heavy atom. The number of rotatable bonds is 6. The largest absolute Gasteiger partial charge is 0.462 e. The van der Waals surface area contributed by atoms with Crippen molar-refractivity contribution in [3.05, 3.63) is 66.3 Å². The summed E-state index contributed by atoms with van der Waals surface area (Å²) in [6, 6.07) is 6.60. The Labute approximate surface area is 190 Å². The third-order valence-corrected chi connectivity index (χ3v) is 10.5. The number of thiophene rings is 4. The number of hydrogen-bond donors (Lipinski definition) is 0. The fraction of sp³-hybridized carbons (Fsp3) is 0.250. The summed E-state index contributed by atoms with van der Waals surface area (Å²) < 4.78 is 14.5. The number of aryl methyl sites for hydroxylation is 6. The molecule has 0 atom stereocenters. The van der Waals surface area contributed by atoms with Crippen LogP contribution in [0.15, 0.2) is 44.1 Å². The molecular weight excluding hydrogens is 449 g/mol. The van der Waals surface area contributed by atoms with Gasteiger partial charge in [-0.2, -0.15) is 0 Å². The first-order valence-electron chi connectivity index (χ1n) is 10.1. The second-order valence-electron chi connectivity index (χ2n) is 7.60. The zero-order chi connectivity index (χ0) is 20.2. The van der Waals surface area contributed by atoms with Crippen LogP contribution in [-0.4, -0.2) is 0 Å². The van der Waals surface area contributed by atoms with E-state index in [1.165, 1.54) is 34.8 Å². The van der Waals surface area contributed by atoms with Crippen LogP contribution in [0.1, 0.15) is 31.0 Å². The summed E-state index contributed by atoms with van der Waals surface area (Å²) in [5.74, 6) is 1.93. The van der Waals surface area contributed by atoms with Gasteiger partial charge in [0.05, 0.1) is 11.6 Å². The van der Waals surface area contributed by atoms with Gasteiger partial charge in [0.25, 0.3) is 0 Å². The Hall–Kier alpha value is -1.86. The molecule has 0 aromatic carbocycles. The molecule has 0 bridgehead atoms. The zero-order valence-electron chi connectivity index (χ0n) is 16.7. The van der Waals surface area contributed by atoms with Gasteiger partial charge in [0.1, 0.15) is 11.5 Å². The molecule has 0 N–H and O–H groups in total. The Morgan fingerprint density at radius 1 is 0.733 bits per heavy atom. The van der Waals surface area contributed by atoms with Crippen molar-refractivity contribution in [2.45, 2.75) is 39.5 Å². The average Bonchev–Trinajstić information content (AvgIpc) is 3.54. The molecule has 0 spiro atoms. The summed E-state index contributed by atoms with van der Waals surface area (Å²) in [6.45, 7) is 4.23. The van der Waals surface area contributed by atoms with Crippen molar-refractivity contribution < 1.29 is 8.83 Å². The molecule has 0 radical (unpaired) electrons. The summed E-state index contributed by atoms with van der Waals surface area (Å²) >= 11 is 7.74. The Morgan fingerprint density at radius 3 is 2.30 bits per heavy atom. The van der Waals surface area contributed by atoms with Gasteiger partial charge in [0.2, 0.25) is 0 Å². The van der Waals surface area contributed by atoms with Gasteiger partial charge in [-0.25, -0.2) is 0 Å². The van der Waals surface area contributed by atoms with Gasteiger partial charge in [-0.15, -0.1) is 45.3 Å². The van der Waals surface area contributed by atoms with Crippen LogP contribution in [0.3, 0.4) is 0 Å². The first-order valence-corrected chi connectivity index (χ1v) is 13.5. The van der Waals surface area contributed by atoms with Crippen LogP contribution >= 0.6 is 45.3 Å². The van der Waals surface area contributed by atoms with Gasteiger partial charge < -0.3 is 8.83 Å². The van der Waals surface area contributed by atoms with Crippen LogP contribution in [0.2, 0.25) is 0 Å². The topological polar surface area (TPSA) is 26.3 Å². The maximum atomic E-state index is 5.98. The Balaban J connectivity index is 1.25. The number of fused-ring (bicyclic) bond motifs is 3. The molecule has 6 rings (SSSR count). The predicted molar refractivity (Wildman–Crippen MR) is 132 cm³/mol. The van der Waals surface area contributed by atoms with Gasteiger partial charge >= 0.3 is 0 Å². The zero-order valence-corrected chi connectivity index (χ0v) is 20.0. The van der Waals surface area contributed by atoms with Crippen molar-refractivity contribution in [1.29, 1.82) is 0 Å². The summed E-state index contributed by atoms with van der Waals surface area (Å²) in [4.78, 5) is 6.02. The molecule has 0 aliphatic carbocycles. The highest BCUT2D eigenvalue weighted by atomic mass is 32.1. The summed E-state index contributed by atoms with van der Waals surface area (Å²) in [5.41, 5.74) is 0.893. The van der Waals surface area contributed by atoms with Crippen molar-refractivity contribution in [2.24, 2.45) is 0 Å². The monoisotopic (exact) mass is 468 g/mol. The van der Waals surface area contributed by atoms with E-state index in [1.54, 1.807) is 11.1 Å². The molecule has 0 amide bonds. The van der Waals surface area contributed by atoms with E-state index in [1.807, 2.05) is 58.3 Å². The minimum atomic E-state index is 0.879. The van der Waals surface area contributed by atoms with E-state index in [0.29, 0.717) is 0 Å². The van der Waals surface area contributed by atoms with Gasteiger partial charge in [-0.05, 0) is 62.1 Å². The number of furan rings is 2. The number of hydrogen-bond acceptors (Lipinski definition) is 6. The molecule has 0 saturated carbocycles. The molecule has 6 heterocycles. The molecular formula is C24H20O2S4. The van der Waals surface area contributed by atoms with Gasteiger partial charge in [0.15, 0.2) is 5.58 Å². The minimum Gasteiger partial charge on any atom is -0.462 e. The summed E-state index contributed by atoms with van der Waals surface area (Å²) in [7, 11) is 0. The third-order valence-electron chi connectivity index (χ3n) is 5.76. The van der Waals surface area contributed by atoms with Gasteiger partial charge in [-0.3, -0.25) is 0 Å². The Kier molecular flexibility index (Phi) is 4.64. The van der Waals surface area contributed by atoms with E-state index in [2.05, 4.69) is 29.8 Å². The van der Waals surface area contributed by atoms with E-state index < -0.39 is 0 Å². The van der Waals surface area contributed by atoms with E-state index >= 15 is 0 Å². The van der Waals surface area contributed by atoms with Crippen molar-refractivity contribution >= 4 is 76.5 Å². The van der Waals surface area contributed by atoms with Crippen molar-refractivity contribution in [3.8, 4) is 0 Å². The first kappa shape index (κ1) is 18.9. The fourth-order valence-electron chi connectivity index (χ4n) is 4.33. The summed E-state index contributed by atoms with van der Waals surface area (Å²) in [5, 5.41) is 8.50. The molecule has 0 fully saturated rings. The highest BCUT2D eigenvalue weighted by molar-refractivity contribution is 7.24. The van der Waals surface area contributed by atoms with E-state index in [-0.39, 0.29) is 0 Å². The third kappa shape index (κ3) is 3.01. The maximum Gasteiger partial charge on any atom is 0.175 e. The normalized spacial score (nSPS) is 12.2. The SMILES string of the molecule is Cc1sc(CCc2sc(CCc3oc(C)c4occc34)c3sccc23)c2sccc12. The molecule has 30 heavy (non-hydrogen) atoms. The van der Waals surface area contributed by atoms with E-state index in [4.69, 9.17) is 8.83 Å². The second-order valence-corrected chi connectivity index (χ2v) is 11.9. The van der Waals surface area contributed by atoms with Crippen molar-refractivity contribution in [1.82, 2.24) is 0 Å². The lowest BCUT2D eigenvalue weighted by Gasteiger charge is -1.98. The molecule has 0 aliphatic heterocycles. The van der Waals surface area contributed by atoms with Crippen molar-refractivity contribution in [3.63, 3.8) is 0 Å². The van der Waals surface area contributed by atoms with Crippen LogP contribution in [0.5, 0.6) is 0 Å². The first-order chi connectivity index (χ1) is 14.7. The second kappa shape index (κ2) is 7.38. The molecule has 6 aromatic rings. The molecule has 0 saturated heterocycles. The molecule has 0 unspecified atom stereocenters. The van der Waals surface area contributed by atoms with Crippen LogP contribution in [-0.2, 0) is 25.7 Å². The summed E-state index contributed by atoms with van der Waals surface area (Å²) in [6.07, 6.45) is 5.94. The van der Waals surface area contributed by atoms with Crippen LogP contribution in [0, 0.1) is 13.8 Å². The van der Waals surface area contributed by atoms with Crippen molar-refractivity contribution in [2.75, 3.05) is 0 Å². The standard InChI is InChI=1S/C24H20O2S4/c1-13-22-16(7-10-25-22)18(26-13)3-4-21-24-17(9-12-28-24)19(30-21)5-6-20-23-15(8-11-27-23)14(2)29-20/h7-12H,3-6H2,1-2H3. The molecule has 2 nitrogen and oxygen atoms in total. The lowest BCUT2D eigenvalue weighted by Crippen LogP contribution is -1.87. The molecule has 6 aromatic heterocycles. The molecule has 152 valence electrons. The smallest absolute Gasteiger partial charge is 0.175 e. The van der Waals surface area contributed by atoms with Gasteiger partial charge in [0, 0.05) is 46.1 Å². The lowest BCUT2D eigenvalue weighted by atomic mass is 10.1. The minimum absolute atomic E-state index is 0.879. The van der Waals surface area contributed by atoms with Crippen LogP contribution in [0.25, 0.3) is 31.1 Å². The Bertz CT molecular complexity index is 1370. The quantitative estimate of drug-likeness (QED) is 0.244. The maximum absolute atomic E-state index is 5.98. The van der Waals surface area contributed by atoms with E-state index in [9.17, 15) is 0 Å². The predicted octanol–water partition coefficient (Wildman–Crippen LogP) is 8.77. The van der Waals surface area contributed by atoms with Gasteiger partial charge in [-0.1, -0.05) is 0 Å². The lowest BCUT2D eigenvalue weighted by molar-refractivity contribution is 0.477. The fourth-order valence-corrected chi connectivity index (χ4v) is 9.05. The molecule has 0 aliphatic rings.